The fourth-order valence-electron chi connectivity index (χ4n) is 2.56. The van der Waals surface area contributed by atoms with Crippen molar-refractivity contribution in [1.82, 2.24) is 0 Å². The number of aliphatic hydroxyl groups excluding tert-OH is 1. The first-order valence-corrected chi connectivity index (χ1v) is 8.35. The number of hydrogen-bond donors (Lipinski definition) is 3. The first-order chi connectivity index (χ1) is 10.1. The van der Waals surface area contributed by atoms with Gasteiger partial charge in [0.2, 0.25) is 0 Å². The van der Waals surface area contributed by atoms with E-state index in [9.17, 15) is 15.3 Å². The van der Waals surface area contributed by atoms with Crippen molar-refractivity contribution in [3.8, 4) is 11.5 Å². The second-order valence-corrected chi connectivity index (χ2v) is 5.88. The number of aromatic hydroxyl groups is 2. The molecule has 120 valence electrons. The maximum Gasteiger partial charge on any atom is 0.157 e. The fraction of sp³-hybridized carbons (Fsp3) is 0.667. The summed E-state index contributed by atoms with van der Waals surface area (Å²) in [5.74, 6) is -0.312. The van der Waals surface area contributed by atoms with E-state index in [2.05, 4.69) is 6.92 Å². The quantitative estimate of drug-likeness (QED) is 0.395. The van der Waals surface area contributed by atoms with Crippen LogP contribution in [0.3, 0.4) is 0 Å². The predicted molar refractivity (Wildman–Crippen MR) is 86.6 cm³/mol. The fourth-order valence-corrected chi connectivity index (χ4v) is 2.56. The van der Waals surface area contributed by atoms with Crippen molar-refractivity contribution in [2.24, 2.45) is 0 Å². The largest absolute Gasteiger partial charge is 0.504 e. The summed E-state index contributed by atoms with van der Waals surface area (Å²) in [7, 11) is 0. The van der Waals surface area contributed by atoms with Gasteiger partial charge in [0.15, 0.2) is 11.5 Å². The summed E-state index contributed by atoms with van der Waals surface area (Å²) in [6.45, 7) is 2.24. The van der Waals surface area contributed by atoms with Crippen LogP contribution < -0.4 is 0 Å². The molecule has 1 rings (SSSR count). The van der Waals surface area contributed by atoms with Crippen LogP contribution >= 0.6 is 0 Å². The van der Waals surface area contributed by atoms with Gasteiger partial charge in [-0.25, -0.2) is 0 Å². The van der Waals surface area contributed by atoms with Gasteiger partial charge in [0, 0.05) is 0 Å². The third kappa shape index (κ3) is 7.37. The lowest BCUT2D eigenvalue weighted by Crippen LogP contribution is -1.97. The molecule has 3 N–H and O–H groups in total. The molecule has 0 bridgehead atoms. The summed E-state index contributed by atoms with van der Waals surface area (Å²) >= 11 is 0. The van der Waals surface area contributed by atoms with Gasteiger partial charge in [-0.05, 0) is 24.1 Å². The zero-order chi connectivity index (χ0) is 15.5. The summed E-state index contributed by atoms with van der Waals surface area (Å²) in [6, 6.07) is 4.52. The zero-order valence-electron chi connectivity index (χ0n) is 13.2. The van der Waals surface area contributed by atoms with Crippen LogP contribution in [0.25, 0.3) is 0 Å². The molecule has 1 atom stereocenters. The molecule has 3 nitrogen and oxygen atoms in total. The monoisotopic (exact) mass is 294 g/mol. The van der Waals surface area contributed by atoms with Crippen molar-refractivity contribution in [3.05, 3.63) is 23.8 Å². The lowest BCUT2D eigenvalue weighted by atomic mass is 10.0. The molecule has 0 saturated carbocycles. The number of rotatable bonds is 11. The number of hydrogen-bond acceptors (Lipinski definition) is 3. The number of benzene rings is 1. The van der Waals surface area contributed by atoms with E-state index in [1.165, 1.54) is 57.1 Å². The molecule has 0 heterocycles. The molecule has 1 aromatic rings. The number of phenols is 2. The lowest BCUT2D eigenvalue weighted by molar-refractivity contribution is 0.163. The Balaban J connectivity index is 2.08. The Morgan fingerprint density at radius 3 is 1.95 bits per heavy atom. The van der Waals surface area contributed by atoms with E-state index in [1.54, 1.807) is 6.07 Å². The third-order valence-electron chi connectivity index (χ3n) is 3.97. The van der Waals surface area contributed by atoms with Crippen molar-refractivity contribution in [2.45, 2.75) is 77.2 Å². The van der Waals surface area contributed by atoms with Crippen LogP contribution in [-0.4, -0.2) is 15.3 Å². The minimum atomic E-state index is -0.555. The predicted octanol–water partition coefficient (Wildman–Crippen LogP) is 5.05. The summed E-state index contributed by atoms with van der Waals surface area (Å²) < 4.78 is 0. The van der Waals surface area contributed by atoms with Crippen molar-refractivity contribution < 1.29 is 15.3 Å². The topological polar surface area (TPSA) is 60.7 Å². The zero-order valence-corrected chi connectivity index (χ0v) is 13.2. The van der Waals surface area contributed by atoms with Crippen LogP contribution in [0, 0.1) is 0 Å². The molecule has 0 fully saturated rings. The van der Waals surface area contributed by atoms with E-state index in [0.29, 0.717) is 12.0 Å². The highest BCUT2D eigenvalue weighted by Gasteiger charge is 2.09. The van der Waals surface area contributed by atoms with Crippen molar-refractivity contribution in [2.75, 3.05) is 0 Å². The second-order valence-electron chi connectivity index (χ2n) is 5.88. The molecule has 0 radical (unpaired) electrons. The van der Waals surface area contributed by atoms with E-state index in [1.807, 2.05) is 0 Å². The van der Waals surface area contributed by atoms with Crippen LogP contribution in [-0.2, 0) is 0 Å². The molecule has 0 spiro atoms. The Labute approximate surface area is 128 Å². The summed E-state index contributed by atoms with van der Waals surface area (Å²) in [6.07, 6.45) is 11.5. The van der Waals surface area contributed by atoms with E-state index in [4.69, 9.17) is 0 Å². The first kappa shape index (κ1) is 17.8. The van der Waals surface area contributed by atoms with Crippen LogP contribution in [0.2, 0.25) is 0 Å². The van der Waals surface area contributed by atoms with E-state index < -0.39 is 6.10 Å². The molecule has 0 saturated heterocycles. The number of unbranched alkanes of at least 4 members (excludes halogenated alkanes) is 8. The van der Waals surface area contributed by atoms with Crippen LogP contribution in [0.5, 0.6) is 11.5 Å². The minimum absolute atomic E-state index is 0.144. The van der Waals surface area contributed by atoms with Crippen LogP contribution in [0.4, 0.5) is 0 Å². The van der Waals surface area contributed by atoms with E-state index >= 15 is 0 Å². The average molecular weight is 294 g/mol. The standard InChI is InChI=1S/C18H30O3/c1-2-3-4-5-6-7-8-9-10-11-16(19)15-12-13-17(20)18(21)14-15/h12-14,16,19-21H,2-11H2,1H3. The van der Waals surface area contributed by atoms with E-state index in [0.717, 1.165) is 12.8 Å². The highest BCUT2D eigenvalue weighted by Crippen LogP contribution is 2.29. The SMILES string of the molecule is CCCCCCCCCCCC(O)c1ccc(O)c(O)c1. The van der Waals surface area contributed by atoms with E-state index in [-0.39, 0.29) is 11.5 Å². The maximum absolute atomic E-state index is 10.0. The first-order valence-electron chi connectivity index (χ1n) is 8.35. The molecule has 0 amide bonds. The average Bonchev–Trinajstić information content (AvgIpc) is 2.48. The molecule has 0 aliphatic heterocycles. The third-order valence-corrected chi connectivity index (χ3v) is 3.97. The Kier molecular flexibility index (Phi) is 8.91. The van der Waals surface area contributed by atoms with Crippen LogP contribution in [0.15, 0.2) is 18.2 Å². The molecular formula is C18H30O3. The molecule has 3 heteroatoms. The number of phenolic OH excluding ortho intramolecular Hbond substituents is 2. The highest BCUT2D eigenvalue weighted by atomic mass is 16.3. The second kappa shape index (κ2) is 10.5. The van der Waals surface area contributed by atoms with Gasteiger partial charge in [0.25, 0.3) is 0 Å². The molecule has 0 aromatic heterocycles. The summed E-state index contributed by atoms with van der Waals surface area (Å²) in [5, 5.41) is 28.7. The molecule has 1 aromatic carbocycles. The van der Waals surface area contributed by atoms with Gasteiger partial charge in [-0.15, -0.1) is 0 Å². The smallest absolute Gasteiger partial charge is 0.157 e. The minimum Gasteiger partial charge on any atom is -0.504 e. The Bertz CT molecular complexity index is 390. The molecule has 0 aliphatic carbocycles. The molecule has 1 unspecified atom stereocenters. The van der Waals surface area contributed by atoms with Crippen LogP contribution in [0.1, 0.15) is 82.8 Å². The normalized spacial score (nSPS) is 12.5. The van der Waals surface area contributed by atoms with Gasteiger partial charge in [0.1, 0.15) is 0 Å². The van der Waals surface area contributed by atoms with Crippen molar-refractivity contribution in [3.63, 3.8) is 0 Å². The highest BCUT2D eigenvalue weighted by molar-refractivity contribution is 5.41. The number of aliphatic hydroxyl groups is 1. The Morgan fingerprint density at radius 1 is 0.810 bits per heavy atom. The summed E-state index contributed by atoms with van der Waals surface area (Å²) in [4.78, 5) is 0. The van der Waals surface area contributed by atoms with Gasteiger partial charge < -0.3 is 15.3 Å². The molecular weight excluding hydrogens is 264 g/mol. The van der Waals surface area contributed by atoms with Gasteiger partial charge in [-0.1, -0.05) is 70.8 Å². The van der Waals surface area contributed by atoms with Gasteiger partial charge in [-0.3, -0.25) is 0 Å². The molecule has 0 aliphatic rings. The lowest BCUT2D eigenvalue weighted by Gasteiger charge is -2.11. The van der Waals surface area contributed by atoms with Gasteiger partial charge in [0.05, 0.1) is 6.10 Å². The van der Waals surface area contributed by atoms with Gasteiger partial charge in [-0.2, -0.15) is 0 Å². The maximum atomic E-state index is 10.0. The van der Waals surface area contributed by atoms with Crippen molar-refractivity contribution in [1.29, 1.82) is 0 Å². The molecule has 21 heavy (non-hydrogen) atoms. The van der Waals surface area contributed by atoms with Crippen molar-refractivity contribution >= 4 is 0 Å². The Hall–Kier alpha value is -1.22. The summed E-state index contributed by atoms with van der Waals surface area (Å²) in [5.41, 5.74) is 0.671. The van der Waals surface area contributed by atoms with Gasteiger partial charge >= 0.3 is 0 Å². The Morgan fingerprint density at radius 2 is 1.38 bits per heavy atom.